The summed E-state index contributed by atoms with van der Waals surface area (Å²) in [7, 11) is 1.37. The Morgan fingerprint density at radius 1 is 1.56 bits per heavy atom. The van der Waals surface area contributed by atoms with Gasteiger partial charge in [-0.25, -0.2) is 4.79 Å². The summed E-state index contributed by atoms with van der Waals surface area (Å²) in [6.07, 6.45) is 3.91. The van der Waals surface area contributed by atoms with Gasteiger partial charge in [0.25, 0.3) is 0 Å². The number of rotatable bonds is 5. The first-order valence-corrected chi connectivity index (χ1v) is 6.08. The summed E-state index contributed by atoms with van der Waals surface area (Å²) in [5.41, 5.74) is 1.99. The van der Waals surface area contributed by atoms with Gasteiger partial charge in [-0.15, -0.1) is 0 Å². The van der Waals surface area contributed by atoms with Crippen LogP contribution in [0, 0.1) is 0 Å². The largest absolute Gasteiger partial charge is 0.492 e. The standard InChI is InChI=1S/C14H17NO3/c1-4-18-9(2)13-12(14(16)17-3)11(7-8-15-13)10-5-6-10/h7-8,10H,2,4-6H2,1,3H3. The highest BCUT2D eigenvalue weighted by Crippen LogP contribution is 2.42. The van der Waals surface area contributed by atoms with Crippen LogP contribution in [-0.4, -0.2) is 24.7 Å². The second-order valence-corrected chi connectivity index (χ2v) is 4.25. The van der Waals surface area contributed by atoms with E-state index in [1.165, 1.54) is 7.11 Å². The smallest absolute Gasteiger partial charge is 0.340 e. The molecule has 4 nitrogen and oxygen atoms in total. The number of pyridine rings is 1. The molecule has 1 aromatic rings. The second kappa shape index (κ2) is 5.21. The second-order valence-electron chi connectivity index (χ2n) is 4.25. The van der Waals surface area contributed by atoms with Crippen LogP contribution in [0.4, 0.5) is 0 Å². The molecule has 0 N–H and O–H groups in total. The van der Waals surface area contributed by atoms with Crippen molar-refractivity contribution in [2.45, 2.75) is 25.7 Å². The van der Waals surface area contributed by atoms with E-state index in [-0.39, 0.29) is 5.97 Å². The Hall–Kier alpha value is -1.84. The van der Waals surface area contributed by atoms with Crippen molar-refractivity contribution in [1.82, 2.24) is 4.98 Å². The van der Waals surface area contributed by atoms with Gasteiger partial charge in [-0.3, -0.25) is 4.98 Å². The van der Waals surface area contributed by atoms with E-state index in [0.29, 0.717) is 29.5 Å². The maximum Gasteiger partial charge on any atom is 0.340 e. The Balaban J connectivity index is 2.47. The van der Waals surface area contributed by atoms with Crippen LogP contribution in [0.2, 0.25) is 0 Å². The summed E-state index contributed by atoms with van der Waals surface area (Å²) < 4.78 is 10.2. The number of ether oxygens (including phenoxy) is 2. The van der Waals surface area contributed by atoms with Crippen molar-refractivity contribution in [3.63, 3.8) is 0 Å². The predicted molar refractivity (Wildman–Crippen MR) is 68.2 cm³/mol. The molecule has 0 unspecified atom stereocenters. The molecule has 1 aliphatic rings. The minimum absolute atomic E-state index is 0.374. The van der Waals surface area contributed by atoms with Crippen molar-refractivity contribution in [3.8, 4) is 0 Å². The fraction of sp³-hybridized carbons (Fsp3) is 0.429. The lowest BCUT2D eigenvalue weighted by Gasteiger charge is -2.13. The molecule has 4 heteroatoms. The minimum atomic E-state index is -0.374. The van der Waals surface area contributed by atoms with Crippen LogP contribution in [0.3, 0.4) is 0 Å². The van der Waals surface area contributed by atoms with Crippen LogP contribution in [-0.2, 0) is 9.47 Å². The van der Waals surface area contributed by atoms with E-state index in [2.05, 4.69) is 11.6 Å². The number of carbonyl (C=O) groups excluding carboxylic acids is 1. The molecule has 1 fully saturated rings. The van der Waals surface area contributed by atoms with Gasteiger partial charge < -0.3 is 9.47 Å². The van der Waals surface area contributed by atoms with E-state index in [1.807, 2.05) is 13.0 Å². The summed E-state index contributed by atoms with van der Waals surface area (Å²) in [6.45, 7) is 6.18. The molecule has 18 heavy (non-hydrogen) atoms. The van der Waals surface area contributed by atoms with E-state index in [4.69, 9.17) is 9.47 Å². The molecule has 1 heterocycles. The molecule has 1 aromatic heterocycles. The lowest BCUT2D eigenvalue weighted by atomic mass is 10.0. The van der Waals surface area contributed by atoms with E-state index in [9.17, 15) is 4.79 Å². The molecule has 0 aliphatic heterocycles. The van der Waals surface area contributed by atoms with Gasteiger partial charge in [0.15, 0.2) is 0 Å². The predicted octanol–water partition coefficient (Wildman–Crippen LogP) is 2.75. The summed E-state index contributed by atoms with van der Waals surface area (Å²) in [5, 5.41) is 0. The van der Waals surface area contributed by atoms with Crippen molar-refractivity contribution in [1.29, 1.82) is 0 Å². The van der Waals surface area contributed by atoms with E-state index in [1.54, 1.807) is 6.20 Å². The zero-order valence-electron chi connectivity index (χ0n) is 10.7. The number of esters is 1. The van der Waals surface area contributed by atoms with Gasteiger partial charge in [0, 0.05) is 6.20 Å². The third-order valence-electron chi connectivity index (χ3n) is 2.97. The molecule has 0 amide bonds. The maximum atomic E-state index is 11.9. The highest BCUT2D eigenvalue weighted by atomic mass is 16.5. The Morgan fingerprint density at radius 2 is 2.28 bits per heavy atom. The molecule has 96 valence electrons. The van der Waals surface area contributed by atoms with Gasteiger partial charge in [-0.05, 0) is 37.3 Å². The van der Waals surface area contributed by atoms with Crippen LogP contribution < -0.4 is 0 Å². The molecule has 0 bridgehead atoms. The Bertz CT molecular complexity index is 478. The molecular weight excluding hydrogens is 230 g/mol. The van der Waals surface area contributed by atoms with Crippen molar-refractivity contribution >= 4 is 11.7 Å². The topological polar surface area (TPSA) is 48.4 Å². The molecule has 0 spiro atoms. The van der Waals surface area contributed by atoms with Crippen LogP contribution in [0.5, 0.6) is 0 Å². The van der Waals surface area contributed by atoms with Crippen LogP contribution >= 0.6 is 0 Å². The Labute approximate surface area is 107 Å². The summed E-state index contributed by atoms with van der Waals surface area (Å²) in [6, 6.07) is 1.88. The van der Waals surface area contributed by atoms with Crippen molar-refractivity contribution in [2.24, 2.45) is 0 Å². The summed E-state index contributed by atoms with van der Waals surface area (Å²) in [5.74, 6) is 0.483. The lowest BCUT2D eigenvalue weighted by Crippen LogP contribution is -2.11. The van der Waals surface area contributed by atoms with Gasteiger partial charge in [-0.2, -0.15) is 0 Å². The SMILES string of the molecule is C=C(OCC)c1nccc(C2CC2)c1C(=O)OC. The highest BCUT2D eigenvalue weighted by Gasteiger charge is 2.31. The van der Waals surface area contributed by atoms with Crippen LogP contribution in [0.25, 0.3) is 5.76 Å². The first-order chi connectivity index (χ1) is 8.69. The van der Waals surface area contributed by atoms with E-state index < -0.39 is 0 Å². The third-order valence-corrected chi connectivity index (χ3v) is 2.97. The fourth-order valence-corrected chi connectivity index (χ4v) is 1.98. The molecule has 0 radical (unpaired) electrons. The Morgan fingerprint density at radius 3 is 2.83 bits per heavy atom. The average Bonchev–Trinajstić information content (AvgIpc) is 3.21. The zero-order chi connectivity index (χ0) is 13.1. The monoisotopic (exact) mass is 247 g/mol. The maximum absolute atomic E-state index is 11.9. The van der Waals surface area contributed by atoms with Gasteiger partial charge in [0.05, 0.1) is 19.3 Å². The number of nitrogens with zero attached hydrogens (tertiary/aromatic N) is 1. The highest BCUT2D eigenvalue weighted by molar-refractivity contribution is 5.95. The first kappa shape index (κ1) is 12.6. The van der Waals surface area contributed by atoms with Crippen LogP contribution in [0.1, 0.15) is 47.3 Å². The zero-order valence-corrected chi connectivity index (χ0v) is 10.7. The lowest BCUT2D eigenvalue weighted by molar-refractivity contribution is 0.0597. The van der Waals surface area contributed by atoms with Gasteiger partial charge in [0.2, 0.25) is 0 Å². The fourth-order valence-electron chi connectivity index (χ4n) is 1.98. The average molecular weight is 247 g/mol. The number of hydrogen-bond acceptors (Lipinski definition) is 4. The number of hydrogen-bond donors (Lipinski definition) is 0. The van der Waals surface area contributed by atoms with Gasteiger partial charge >= 0.3 is 5.97 Å². The molecule has 1 aliphatic carbocycles. The third kappa shape index (κ3) is 2.37. The van der Waals surface area contributed by atoms with Crippen molar-refractivity contribution in [3.05, 3.63) is 35.7 Å². The van der Waals surface area contributed by atoms with Crippen molar-refractivity contribution in [2.75, 3.05) is 13.7 Å². The van der Waals surface area contributed by atoms with Crippen molar-refractivity contribution < 1.29 is 14.3 Å². The molecule has 0 aromatic carbocycles. The van der Waals surface area contributed by atoms with Gasteiger partial charge in [-0.1, -0.05) is 6.58 Å². The number of carbonyl (C=O) groups is 1. The van der Waals surface area contributed by atoms with Gasteiger partial charge in [0.1, 0.15) is 11.5 Å². The Kier molecular flexibility index (Phi) is 3.65. The number of methoxy groups -OCH3 is 1. The summed E-state index contributed by atoms with van der Waals surface area (Å²) >= 11 is 0. The number of aromatic nitrogens is 1. The minimum Gasteiger partial charge on any atom is -0.492 e. The molecule has 0 atom stereocenters. The summed E-state index contributed by atoms with van der Waals surface area (Å²) in [4.78, 5) is 16.1. The van der Waals surface area contributed by atoms with Crippen LogP contribution in [0.15, 0.2) is 18.8 Å². The van der Waals surface area contributed by atoms with E-state index in [0.717, 1.165) is 18.4 Å². The molecule has 2 rings (SSSR count). The normalized spacial score (nSPS) is 14.1. The molecule has 1 saturated carbocycles. The molecular formula is C14H17NO3. The molecule has 0 saturated heterocycles. The quantitative estimate of drug-likeness (QED) is 0.593. The first-order valence-electron chi connectivity index (χ1n) is 6.08. The van der Waals surface area contributed by atoms with E-state index >= 15 is 0 Å².